The van der Waals surface area contributed by atoms with Crippen molar-refractivity contribution in [2.75, 3.05) is 18.6 Å². The van der Waals surface area contributed by atoms with Crippen LogP contribution in [0.4, 0.5) is 5.82 Å². The highest BCUT2D eigenvalue weighted by atomic mass is 35.5. The second-order valence-electron chi connectivity index (χ2n) is 9.82. The van der Waals surface area contributed by atoms with Crippen LogP contribution in [0.3, 0.4) is 0 Å². The number of benzene rings is 1. The number of terminal acetylenes is 1. The molecule has 3 heterocycles. The lowest BCUT2D eigenvalue weighted by atomic mass is 9.92. The second-order valence-corrected chi connectivity index (χ2v) is 10.2. The lowest BCUT2D eigenvalue weighted by Gasteiger charge is -2.30. The summed E-state index contributed by atoms with van der Waals surface area (Å²) in [5.74, 6) is -0.953. The van der Waals surface area contributed by atoms with Crippen LogP contribution >= 0.6 is 11.6 Å². The molecule has 0 amide bonds. The Bertz CT molecular complexity index is 1480. The number of carboxylic acid groups (broad SMARTS) is 2. The van der Waals surface area contributed by atoms with Crippen molar-refractivity contribution >= 4 is 40.5 Å². The summed E-state index contributed by atoms with van der Waals surface area (Å²) < 4.78 is 12.7. The number of ether oxygens (including phenoxy) is 2. The molecule has 0 unspecified atom stereocenters. The molecule has 1 aromatic carbocycles. The minimum atomic E-state index is -2.73. The van der Waals surface area contributed by atoms with E-state index in [0.29, 0.717) is 16.9 Å². The van der Waals surface area contributed by atoms with Crippen molar-refractivity contribution in [2.45, 2.75) is 54.9 Å². The molecule has 13 nitrogen and oxygen atoms in total. The number of carboxylic acids is 2. The Kier molecular flexibility index (Phi) is 7.15. The Morgan fingerprint density at radius 1 is 1.27 bits per heavy atom. The van der Waals surface area contributed by atoms with Crippen molar-refractivity contribution in [3.05, 3.63) is 47.5 Å². The number of aliphatic hydroxyl groups is 2. The predicted octanol–water partition coefficient (Wildman–Crippen LogP) is 0.868. The summed E-state index contributed by atoms with van der Waals surface area (Å²) in [5, 5.41) is 42.0. The zero-order valence-corrected chi connectivity index (χ0v) is 22.0. The topological polar surface area (TPSA) is 180 Å². The molecule has 0 spiro atoms. The van der Waals surface area contributed by atoms with Crippen LogP contribution in [0.25, 0.3) is 11.2 Å². The fourth-order valence-electron chi connectivity index (χ4n) is 4.78. The van der Waals surface area contributed by atoms with Crippen LogP contribution in [0.15, 0.2) is 36.7 Å². The summed E-state index contributed by atoms with van der Waals surface area (Å²) in [4.78, 5) is 39.2. The molecule has 3 aromatic rings. The number of aromatic nitrogens is 4. The van der Waals surface area contributed by atoms with Gasteiger partial charge in [-0.2, -0.15) is 9.97 Å². The Hall–Kier alpha value is -3.80. The normalized spacial score (nSPS) is 24.6. The molecule has 1 saturated carbocycles. The molecule has 210 valence electrons. The van der Waals surface area contributed by atoms with E-state index in [1.165, 1.54) is 10.9 Å². The summed E-state index contributed by atoms with van der Waals surface area (Å²) >= 11 is 6.20. The first-order valence-corrected chi connectivity index (χ1v) is 12.7. The highest BCUT2D eigenvalue weighted by Crippen LogP contribution is 2.40. The molecule has 2 aromatic heterocycles. The minimum absolute atomic E-state index is 0.0788. The third-order valence-corrected chi connectivity index (χ3v) is 7.46. The Morgan fingerprint density at radius 3 is 2.55 bits per heavy atom. The van der Waals surface area contributed by atoms with Crippen molar-refractivity contribution in [2.24, 2.45) is 0 Å². The molecule has 4 atom stereocenters. The average molecular weight is 572 g/mol. The van der Waals surface area contributed by atoms with Crippen LogP contribution in [-0.4, -0.2) is 95.0 Å². The van der Waals surface area contributed by atoms with Gasteiger partial charge in [-0.15, -0.1) is 6.42 Å². The number of aliphatic hydroxyl groups excluding tert-OH is 1. The number of carbonyl (C=O) groups is 2. The maximum atomic E-state index is 12.2. The van der Waals surface area contributed by atoms with Crippen LogP contribution < -0.4 is 4.90 Å². The third-order valence-electron chi connectivity index (χ3n) is 7.29. The van der Waals surface area contributed by atoms with Gasteiger partial charge in [-0.05, 0) is 30.0 Å². The van der Waals surface area contributed by atoms with Gasteiger partial charge in [0, 0.05) is 19.5 Å². The van der Waals surface area contributed by atoms with Crippen molar-refractivity contribution in [3.63, 3.8) is 0 Å². The van der Waals surface area contributed by atoms with Crippen LogP contribution in [0.5, 0.6) is 0 Å². The largest absolute Gasteiger partial charge is 0.479 e. The van der Waals surface area contributed by atoms with E-state index in [1.807, 2.05) is 11.9 Å². The first-order chi connectivity index (χ1) is 19.0. The number of nitrogens with zero attached hydrogens (tertiary/aromatic N) is 5. The van der Waals surface area contributed by atoms with E-state index in [1.54, 1.807) is 30.3 Å². The standard InChI is InChI=1S/C26H26ClN5O8/c1-3-25(38)16(12-39-26(22(34)35,23(36)37)11-14-7-5-4-6-8-14)40-21(18(25)33)32-13-28-17-19(31(2)15-9-10-15)29-24(27)30-20(17)32/h1,4-8,13,15-16,18,21,33,38H,9-12H2,2H3,(H,34,35)(H,36,37)/t16-,18+,21-,25-/m1/s1. The molecule has 2 aliphatic rings. The minimum Gasteiger partial charge on any atom is -0.479 e. The van der Waals surface area contributed by atoms with Crippen LogP contribution in [-0.2, 0) is 25.5 Å². The SMILES string of the molecule is C#C[C@@]1(O)[C@@H](COC(Cc2ccccc2)(C(=O)O)C(=O)O)O[C@@H](n2cnc3c(N(C)C4CC4)nc(Cl)nc32)[C@@H]1O. The highest BCUT2D eigenvalue weighted by molar-refractivity contribution is 6.28. The first kappa shape index (κ1) is 27.8. The van der Waals surface area contributed by atoms with Crippen LogP contribution in [0, 0.1) is 12.3 Å². The molecule has 14 heteroatoms. The molecule has 40 heavy (non-hydrogen) atoms. The van der Waals surface area contributed by atoms with Gasteiger partial charge < -0.3 is 34.8 Å². The van der Waals surface area contributed by atoms with Gasteiger partial charge in [0.05, 0.1) is 12.9 Å². The number of hydrogen-bond donors (Lipinski definition) is 4. The number of fused-ring (bicyclic) bond motifs is 1. The molecule has 1 aliphatic heterocycles. The monoisotopic (exact) mass is 571 g/mol. The molecular weight excluding hydrogens is 546 g/mol. The molecule has 4 N–H and O–H groups in total. The fraction of sp³-hybridized carbons (Fsp3) is 0.423. The summed E-state index contributed by atoms with van der Waals surface area (Å²) in [6, 6.07) is 8.33. The van der Waals surface area contributed by atoms with Crippen LogP contribution in [0.2, 0.25) is 5.28 Å². The quantitative estimate of drug-likeness (QED) is 0.153. The van der Waals surface area contributed by atoms with Gasteiger partial charge in [0.15, 0.2) is 28.8 Å². The third kappa shape index (κ3) is 4.63. The Labute approximate surface area is 233 Å². The van der Waals surface area contributed by atoms with E-state index in [9.17, 15) is 30.0 Å². The molecular formula is C26H26ClN5O8. The van der Waals surface area contributed by atoms with Gasteiger partial charge in [-0.25, -0.2) is 14.6 Å². The van der Waals surface area contributed by atoms with E-state index in [-0.39, 0.29) is 17.0 Å². The zero-order valence-electron chi connectivity index (χ0n) is 21.2. The molecule has 1 saturated heterocycles. The lowest BCUT2D eigenvalue weighted by Crippen LogP contribution is -2.55. The van der Waals surface area contributed by atoms with Gasteiger partial charge in [0.1, 0.15) is 12.2 Å². The summed E-state index contributed by atoms with van der Waals surface area (Å²) in [6.45, 7) is -0.780. The Morgan fingerprint density at radius 2 is 1.95 bits per heavy atom. The molecule has 0 radical (unpaired) electrons. The Balaban J connectivity index is 1.45. The average Bonchev–Trinajstić information content (AvgIpc) is 3.65. The molecule has 1 aliphatic carbocycles. The predicted molar refractivity (Wildman–Crippen MR) is 140 cm³/mol. The number of anilines is 1. The van der Waals surface area contributed by atoms with E-state index in [0.717, 1.165) is 12.8 Å². The number of imidazole rings is 1. The summed E-state index contributed by atoms with van der Waals surface area (Å²) in [7, 11) is 1.85. The number of aliphatic carboxylic acids is 2. The van der Waals surface area contributed by atoms with Crippen molar-refractivity contribution < 1.29 is 39.5 Å². The van der Waals surface area contributed by atoms with Gasteiger partial charge >= 0.3 is 11.9 Å². The zero-order chi connectivity index (χ0) is 28.8. The lowest BCUT2D eigenvalue weighted by molar-refractivity contribution is -0.191. The smallest absolute Gasteiger partial charge is 0.348 e. The van der Waals surface area contributed by atoms with Crippen molar-refractivity contribution in [3.8, 4) is 12.3 Å². The summed E-state index contributed by atoms with van der Waals surface area (Å²) in [6.07, 6.45) is 3.70. The number of halogens is 1. The van der Waals surface area contributed by atoms with Gasteiger partial charge in [-0.3, -0.25) is 4.57 Å². The fourth-order valence-corrected chi connectivity index (χ4v) is 4.94. The first-order valence-electron chi connectivity index (χ1n) is 12.3. The van der Waals surface area contributed by atoms with Gasteiger partial charge in [0.25, 0.3) is 5.60 Å². The van der Waals surface area contributed by atoms with Gasteiger partial charge in [-0.1, -0.05) is 36.3 Å². The molecule has 0 bridgehead atoms. The summed E-state index contributed by atoms with van der Waals surface area (Å²) in [5.41, 5.74) is -4.16. The highest BCUT2D eigenvalue weighted by Gasteiger charge is 2.58. The van der Waals surface area contributed by atoms with Crippen molar-refractivity contribution in [1.29, 1.82) is 0 Å². The van der Waals surface area contributed by atoms with E-state index in [2.05, 4.69) is 20.9 Å². The number of rotatable bonds is 10. The van der Waals surface area contributed by atoms with E-state index >= 15 is 0 Å². The van der Waals surface area contributed by atoms with Crippen molar-refractivity contribution in [1.82, 2.24) is 19.5 Å². The van der Waals surface area contributed by atoms with E-state index < -0.39 is 54.6 Å². The van der Waals surface area contributed by atoms with Crippen LogP contribution in [0.1, 0.15) is 24.6 Å². The maximum absolute atomic E-state index is 12.2. The second kappa shape index (κ2) is 10.3. The van der Waals surface area contributed by atoms with Gasteiger partial charge in [0.2, 0.25) is 5.28 Å². The van der Waals surface area contributed by atoms with E-state index in [4.69, 9.17) is 27.5 Å². The number of hydrogen-bond acceptors (Lipinski definition) is 10. The molecule has 5 rings (SSSR count). The maximum Gasteiger partial charge on any atom is 0.348 e. The molecule has 2 fully saturated rings.